The zero-order valence-electron chi connectivity index (χ0n) is 17.2. The summed E-state index contributed by atoms with van der Waals surface area (Å²) in [6, 6.07) is 10.2. The smallest absolute Gasteiger partial charge is 0.257 e. The number of nitrogens with one attached hydrogen (secondary N) is 2. The van der Waals surface area contributed by atoms with Crippen molar-refractivity contribution < 1.29 is 4.79 Å². The number of hydrogen-bond acceptors (Lipinski definition) is 4. The average molecular weight is 431 g/mol. The molecular weight excluding hydrogens is 404 g/mol. The summed E-state index contributed by atoms with van der Waals surface area (Å²) in [5, 5.41) is 13.3. The molecule has 29 heavy (non-hydrogen) atoms. The van der Waals surface area contributed by atoms with E-state index in [0.717, 1.165) is 36.5 Å². The van der Waals surface area contributed by atoms with E-state index in [2.05, 4.69) is 50.5 Å². The van der Waals surface area contributed by atoms with Crippen LogP contribution in [-0.4, -0.2) is 22.2 Å². The Hall–Kier alpha value is -2.15. The number of nitrogens with zero attached hydrogens (tertiary/aromatic N) is 2. The Bertz CT molecular complexity index is 1010. The van der Waals surface area contributed by atoms with Gasteiger partial charge in [-0.1, -0.05) is 38.5 Å². The second-order valence-corrected chi connectivity index (χ2v) is 9.31. The summed E-state index contributed by atoms with van der Waals surface area (Å²) < 4.78 is 1.83. The van der Waals surface area contributed by atoms with Crippen LogP contribution in [0.4, 0.5) is 5.82 Å². The third kappa shape index (κ3) is 4.39. The van der Waals surface area contributed by atoms with Gasteiger partial charge in [-0.05, 0) is 37.6 Å². The van der Waals surface area contributed by atoms with Gasteiger partial charge in [0.25, 0.3) is 5.91 Å². The summed E-state index contributed by atoms with van der Waals surface area (Å²) in [6.45, 7) is 10.2. The zero-order chi connectivity index (χ0) is 19.9. The standard InChI is InChI=1S/C22H26N4OS.ClH/c1-14-5-7-15(8-6-14)26-20(11-19(25-26)22(2,3)4)24-21(27)17-13-28-18-12-23-10-9-16(17)18;/h5-8,11,13,23H,9-10,12H2,1-4H3,(H,24,27);1H. The molecule has 1 aliphatic rings. The van der Waals surface area contributed by atoms with Crippen molar-refractivity contribution in [1.29, 1.82) is 0 Å². The van der Waals surface area contributed by atoms with Gasteiger partial charge in [-0.3, -0.25) is 4.79 Å². The maximum Gasteiger partial charge on any atom is 0.257 e. The molecule has 4 rings (SSSR count). The van der Waals surface area contributed by atoms with Crippen LogP contribution in [-0.2, 0) is 18.4 Å². The Kier molecular flexibility index (Phi) is 6.17. The minimum absolute atomic E-state index is 0. The van der Waals surface area contributed by atoms with Crippen molar-refractivity contribution in [2.45, 2.75) is 46.1 Å². The predicted molar refractivity (Wildman–Crippen MR) is 122 cm³/mol. The average Bonchev–Trinajstić information content (AvgIpc) is 3.26. The van der Waals surface area contributed by atoms with Crippen molar-refractivity contribution in [3.05, 3.63) is 63.0 Å². The number of aromatic nitrogens is 2. The largest absolute Gasteiger partial charge is 0.312 e. The van der Waals surface area contributed by atoms with Crippen LogP contribution in [0.25, 0.3) is 5.69 Å². The highest BCUT2D eigenvalue weighted by molar-refractivity contribution is 7.10. The molecule has 0 bridgehead atoms. The van der Waals surface area contributed by atoms with E-state index in [4.69, 9.17) is 5.10 Å². The monoisotopic (exact) mass is 430 g/mol. The van der Waals surface area contributed by atoms with E-state index in [1.54, 1.807) is 11.3 Å². The topological polar surface area (TPSA) is 59.0 Å². The normalized spacial score (nSPS) is 13.5. The summed E-state index contributed by atoms with van der Waals surface area (Å²) in [5.41, 5.74) is 4.93. The van der Waals surface area contributed by atoms with Crippen molar-refractivity contribution in [1.82, 2.24) is 15.1 Å². The molecule has 3 aromatic rings. The number of aryl methyl sites for hydroxylation is 1. The van der Waals surface area contributed by atoms with Gasteiger partial charge in [0, 0.05) is 28.3 Å². The highest BCUT2D eigenvalue weighted by Gasteiger charge is 2.24. The van der Waals surface area contributed by atoms with Crippen molar-refractivity contribution in [2.24, 2.45) is 0 Å². The van der Waals surface area contributed by atoms with Crippen LogP contribution in [0.3, 0.4) is 0 Å². The third-order valence-corrected chi connectivity index (χ3v) is 6.09. The first-order valence-corrected chi connectivity index (χ1v) is 10.5. The number of hydrogen-bond donors (Lipinski definition) is 2. The van der Waals surface area contributed by atoms with Crippen LogP contribution in [0, 0.1) is 6.92 Å². The number of rotatable bonds is 3. The molecule has 1 aliphatic heterocycles. The molecular formula is C22H27ClN4OS. The maximum atomic E-state index is 13.1. The van der Waals surface area contributed by atoms with Crippen LogP contribution < -0.4 is 10.6 Å². The predicted octanol–water partition coefficient (Wildman–Crippen LogP) is 4.86. The fourth-order valence-corrected chi connectivity index (χ4v) is 4.40. The number of halogens is 1. The van der Waals surface area contributed by atoms with E-state index in [1.165, 1.54) is 16.0 Å². The van der Waals surface area contributed by atoms with Crippen LogP contribution in [0.1, 0.15) is 52.8 Å². The zero-order valence-corrected chi connectivity index (χ0v) is 18.8. The van der Waals surface area contributed by atoms with Crippen LogP contribution in [0.5, 0.6) is 0 Å². The Morgan fingerprint density at radius 1 is 1.24 bits per heavy atom. The summed E-state index contributed by atoms with van der Waals surface area (Å²) in [6.07, 6.45) is 0.895. The lowest BCUT2D eigenvalue weighted by atomic mass is 9.92. The van der Waals surface area contributed by atoms with Gasteiger partial charge >= 0.3 is 0 Å². The Labute approximate surface area is 181 Å². The van der Waals surface area contributed by atoms with Gasteiger partial charge in [0.1, 0.15) is 5.82 Å². The molecule has 0 spiro atoms. The minimum Gasteiger partial charge on any atom is -0.312 e. The summed E-state index contributed by atoms with van der Waals surface area (Å²) in [4.78, 5) is 14.3. The second-order valence-electron chi connectivity index (χ2n) is 8.34. The first kappa shape index (κ1) is 21.6. The van der Waals surface area contributed by atoms with Crippen LogP contribution in [0.15, 0.2) is 35.7 Å². The number of thiophene rings is 1. The van der Waals surface area contributed by atoms with E-state index in [-0.39, 0.29) is 23.7 Å². The first-order chi connectivity index (χ1) is 13.3. The van der Waals surface area contributed by atoms with Crippen molar-refractivity contribution in [2.75, 3.05) is 11.9 Å². The molecule has 0 unspecified atom stereocenters. The number of carbonyl (C=O) groups excluding carboxylic acids is 1. The van der Waals surface area contributed by atoms with Crippen LogP contribution in [0.2, 0.25) is 0 Å². The van der Waals surface area contributed by atoms with E-state index >= 15 is 0 Å². The van der Waals surface area contributed by atoms with Crippen molar-refractivity contribution in [3.63, 3.8) is 0 Å². The number of carbonyl (C=O) groups is 1. The fourth-order valence-electron chi connectivity index (χ4n) is 3.35. The Morgan fingerprint density at radius 2 is 1.97 bits per heavy atom. The van der Waals surface area contributed by atoms with E-state index in [0.29, 0.717) is 5.82 Å². The van der Waals surface area contributed by atoms with Crippen molar-refractivity contribution in [3.8, 4) is 5.69 Å². The van der Waals surface area contributed by atoms with Crippen LogP contribution >= 0.6 is 23.7 Å². The number of benzene rings is 1. The molecule has 0 fully saturated rings. The van der Waals surface area contributed by atoms with Gasteiger partial charge in [-0.2, -0.15) is 5.10 Å². The second kappa shape index (κ2) is 8.30. The first-order valence-electron chi connectivity index (χ1n) is 9.62. The molecule has 154 valence electrons. The minimum atomic E-state index is -0.108. The van der Waals surface area contributed by atoms with Gasteiger partial charge in [-0.15, -0.1) is 23.7 Å². The molecule has 0 saturated carbocycles. The maximum absolute atomic E-state index is 13.1. The molecule has 1 aromatic carbocycles. The van der Waals surface area contributed by atoms with Gasteiger partial charge < -0.3 is 10.6 Å². The number of amides is 1. The molecule has 1 amide bonds. The molecule has 0 radical (unpaired) electrons. The summed E-state index contributed by atoms with van der Waals surface area (Å²) >= 11 is 1.66. The molecule has 0 saturated heterocycles. The van der Waals surface area contributed by atoms with Gasteiger partial charge in [-0.25, -0.2) is 4.68 Å². The Morgan fingerprint density at radius 3 is 2.66 bits per heavy atom. The lowest BCUT2D eigenvalue weighted by Crippen LogP contribution is -2.24. The lowest BCUT2D eigenvalue weighted by molar-refractivity contribution is 0.102. The number of anilines is 1. The van der Waals surface area contributed by atoms with E-state index < -0.39 is 0 Å². The molecule has 2 N–H and O–H groups in total. The summed E-state index contributed by atoms with van der Waals surface area (Å²) in [7, 11) is 0. The highest BCUT2D eigenvalue weighted by atomic mass is 35.5. The summed E-state index contributed by atoms with van der Waals surface area (Å²) in [5.74, 6) is 0.640. The molecule has 0 atom stereocenters. The van der Waals surface area contributed by atoms with Gasteiger partial charge in [0.2, 0.25) is 0 Å². The lowest BCUT2D eigenvalue weighted by Gasteiger charge is -2.14. The number of fused-ring (bicyclic) bond motifs is 1. The fraction of sp³-hybridized carbons (Fsp3) is 0.364. The Balaban J connectivity index is 0.00000240. The van der Waals surface area contributed by atoms with Crippen molar-refractivity contribution >= 4 is 35.5 Å². The molecule has 2 aromatic heterocycles. The molecule has 3 heterocycles. The highest BCUT2D eigenvalue weighted by Crippen LogP contribution is 2.29. The van der Waals surface area contributed by atoms with E-state index in [9.17, 15) is 4.79 Å². The quantitative estimate of drug-likeness (QED) is 0.623. The third-order valence-electron chi connectivity index (χ3n) is 5.06. The SMILES string of the molecule is Cc1ccc(-n2nc(C(C)(C)C)cc2NC(=O)c2csc3c2CCNC3)cc1.Cl. The molecule has 7 heteroatoms. The van der Waals surface area contributed by atoms with Gasteiger partial charge in [0.15, 0.2) is 0 Å². The molecule has 5 nitrogen and oxygen atoms in total. The molecule has 0 aliphatic carbocycles. The van der Waals surface area contributed by atoms with Gasteiger partial charge in [0.05, 0.1) is 16.9 Å². The van der Waals surface area contributed by atoms with E-state index in [1.807, 2.05) is 28.3 Å².